The van der Waals surface area contributed by atoms with Crippen molar-refractivity contribution >= 4 is 5.97 Å². The van der Waals surface area contributed by atoms with Crippen LogP contribution in [0.15, 0.2) is 0 Å². The molecule has 4 nitrogen and oxygen atoms in total. The molecule has 0 aromatic heterocycles. The third kappa shape index (κ3) is 3.42. The lowest BCUT2D eigenvalue weighted by Gasteiger charge is -2.10. The normalized spacial score (nSPS) is 13.3. The van der Waals surface area contributed by atoms with Crippen LogP contribution in [-0.2, 0) is 9.53 Å². The van der Waals surface area contributed by atoms with Crippen molar-refractivity contribution in [1.29, 1.82) is 0 Å². The minimum Gasteiger partial charge on any atom is -0.461 e. The third-order valence-electron chi connectivity index (χ3n) is 0.847. The first kappa shape index (κ1) is 9.39. The fourth-order valence-electron chi connectivity index (χ4n) is 0.407. The van der Waals surface area contributed by atoms with E-state index in [0.717, 1.165) is 0 Å². The fourth-order valence-corrected chi connectivity index (χ4v) is 0.407. The Morgan fingerprint density at radius 1 is 1.70 bits per heavy atom. The summed E-state index contributed by atoms with van der Waals surface area (Å²) in [5.74, 6) is -0.655. The molecule has 0 rings (SSSR count). The van der Waals surface area contributed by atoms with Crippen LogP contribution < -0.4 is 5.73 Å². The van der Waals surface area contributed by atoms with Crippen molar-refractivity contribution in [3.05, 3.63) is 0 Å². The van der Waals surface area contributed by atoms with Gasteiger partial charge in [0, 0.05) is 6.54 Å². The van der Waals surface area contributed by atoms with E-state index in [9.17, 15) is 4.79 Å². The van der Waals surface area contributed by atoms with Crippen LogP contribution >= 0.6 is 0 Å². The lowest BCUT2D eigenvalue weighted by Crippen LogP contribution is -2.32. The van der Waals surface area contributed by atoms with Crippen LogP contribution in [0.2, 0.25) is 0 Å². The van der Waals surface area contributed by atoms with E-state index in [-0.39, 0.29) is 12.6 Å². The number of carbonyl (C=O) groups excluding carboxylic acids is 1. The molecule has 3 N–H and O–H groups in total. The van der Waals surface area contributed by atoms with Gasteiger partial charge in [-0.25, -0.2) is 4.79 Å². The van der Waals surface area contributed by atoms with Crippen LogP contribution in [0.5, 0.6) is 0 Å². The molecule has 0 aliphatic rings. The quantitative estimate of drug-likeness (QED) is 0.515. The van der Waals surface area contributed by atoms with Crippen LogP contribution in [0.4, 0.5) is 0 Å². The lowest BCUT2D eigenvalue weighted by molar-refractivity contribution is -0.156. The van der Waals surface area contributed by atoms with E-state index in [4.69, 9.17) is 10.8 Å². The zero-order valence-electron chi connectivity index (χ0n) is 6.20. The summed E-state index contributed by atoms with van der Waals surface area (Å²) >= 11 is 0. The van der Waals surface area contributed by atoms with E-state index in [2.05, 4.69) is 4.74 Å². The predicted octanol–water partition coefficient (Wildman–Crippen LogP) is -0.742. The monoisotopic (exact) mass is 147 g/mol. The van der Waals surface area contributed by atoms with Crippen LogP contribution in [0.1, 0.15) is 13.8 Å². The molecule has 0 unspecified atom stereocenters. The van der Waals surface area contributed by atoms with Crippen LogP contribution in [0.3, 0.4) is 0 Å². The zero-order valence-corrected chi connectivity index (χ0v) is 6.20. The smallest absolute Gasteiger partial charge is 0.336 e. The largest absolute Gasteiger partial charge is 0.461 e. The zero-order chi connectivity index (χ0) is 8.15. The van der Waals surface area contributed by atoms with Gasteiger partial charge in [0.1, 0.15) is 0 Å². The van der Waals surface area contributed by atoms with Crippen molar-refractivity contribution in [2.45, 2.75) is 26.1 Å². The summed E-state index contributed by atoms with van der Waals surface area (Å²) in [6, 6.07) is 0. The molecule has 0 bridgehead atoms. The predicted molar refractivity (Wildman–Crippen MR) is 36.3 cm³/mol. The summed E-state index contributed by atoms with van der Waals surface area (Å²) in [6.07, 6.45) is -1.38. The van der Waals surface area contributed by atoms with Crippen molar-refractivity contribution < 1.29 is 14.6 Å². The Kier molecular flexibility index (Phi) is 3.99. The fraction of sp³-hybridized carbons (Fsp3) is 0.833. The van der Waals surface area contributed by atoms with Crippen molar-refractivity contribution in [3.8, 4) is 0 Å². The van der Waals surface area contributed by atoms with Gasteiger partial charge in [0.2, 0.25) is 0 Å². The molecule has 0 aliphatic carbocycles. The highest BCUT2D eigenvalue weighted by molar-refractivity contribution is 5.74. The van der Waals surface area contributed by atoms with E-state index in [1.165, 1.54) is 0 Å². The Bertz CT molecular complexity index is 114. The Balaban J connectivity index is 3.62. The molecule has 0 amide bonds. The van der Waals surface area contributed by atoms with Crippen LogP contribution in [-0.4, -0.2) is 29.8 Å². The van der Waals surface area contributed by atoms with Gasteiger partial charge in [0.15, 0.2) is 6.10 Å². The first-order valence-corrected chi connectivity index (χ1v) is 3.16. The highest BCUT2D eigenvalue weighted by atomic mass is 16.6. The molecule has 0 saturated heterocycles. The second kappa shape index (κ2) is 4.24. The van der Waals surface area contributed by atoms with E-state index in [0.29, 0.717) is 0 Å². The molecular weight excluding hydrogens is 134 g/mol. The molecule has 60 valence electrons. The standard InChI is InChI=1S/C6H13NO3/c1-4(2)10-6(9)5(8)3-7/h4-5,8H,3,7H2,1-2H3/t5-/m0/s1. The number of hydrogen-bond acceptors (Lipinski definition) is 4. The number of hydrogen-bond donors (Lipinski definition) is 2. The van der Waals surface area contributed by atoms with Crippen LogP contribution in [0.25, 0.3) is 0 Å². The molecule has 1 atom stereocenters. The molecule has 0 aliphatic heterocycles. The van der Waals surface area contributed by atoms with Gasteiger partial charge in [0.25, 0.3) is 0 Å². The minimum absolute atomic E-state index is 0.0917. The Morgan fingerprint density at radius 2 is 2.20 bits per heavy atom. The average Bonchev–Trinajstić information content (AvgIpc) is 1.85. The second-order valence-electron chi connectivity index (χ2n) is 2.24. The summed E-state index contributed by atoms with van der Waals surface area (Å²) < 4.78 is 4.63. The molecule has 10 heavy (non-hydrogen) atoms. The van der Waals surface area contributed by atoms with Gasteiger partial charge in [-0.1, -0.05) is 0 Å². The van der Waals surface area contributed by atoms with Gasteiger partial charge in [-0.3, -0.25) is 0 Å². The molecule has 0 spiro atoms. The highest BCUT2D eigenvalue weighted by Crippen LogP contribution is 1.92. The number of aliphatic hydroxyl groups is 1. The molecule has 0 saturated carbocycles. The number of esters is 1. The highest BCUT2D eigenvalue weighted by Gasteiger charge is 2.14. The maximum atomic E-state index is 10.6. The van der Waals surface area contributed by atoms with Crippen molar-refractivity contribution in [3.63, 3.8) is 0 Å². The maximum absolute atomic E-state index is 10.6. The number of ether oxygens (including phenoxy) is 1. The SMILES string of the molecule is CC(C)OC(=O)[C@@H](O)CN. The molecule has 0 heterocycles. The van der Waals surface area contributed by atoms with E-state index in [1.807, 2.05) is 0 Å². The van der Waals surface area contributed by atoms with Gasteiger partial charge in [0.05, 0.1) is 6.10 Å². The molecule has 0 fully saturated rings. The molecule has 0 aromatic carbocycles. The average molecular weight is 147 g/mol. The molecular formula is C6H13NO3. The van der Waals surface area contributed by atoms with E-state index < -0.39 is 12.1 Å². The Labute approximate surface area is 60.0 Å². The third-order valence-corrected chi connectivity index (χ3v) is 0.847. The van der Waals surface area contributed by atoms with Crippen molar-refractivity contribution in [1.82, 2.24) is 0 Å². The van der Waals surface area contributed by atoms with Crippen molar-refractivity contribution in [2.24, 2.45) is 5.73 Å². The summed E-state index contributed by atoms with van der Waals surface area (Å²) in [5, 5.41) is 8.78. The first-order chi connectivity index (χ1) is 4.57. The number of carbonyl (C=O) groups is 1. The van der Waals surface area contributed by atoms with Gasteiger partial charge < -0.3 is 15.6 Å². The number of nitrogens with two attached hydrogens (primary N) is 1. The summed E-state index contributed by atoms with van der Waals surface area (Å²) in [4.78, 5) is 10.6. The number of rotatable bonds is 3. The summed E-state index contributed by atoms with van der Waals surface area (Å²) in [5.41, 5.74) is 5.00. The summed E-state index contributed by atoms with van der Waals surface area (Å²) in [6.45, 7) is 3.33. The van der Waals surface area contributed by atoms with Gasteiger partial charge >= 0.3 is 5.97 Å². The molecule has 0 aromatic rings. The minimum atomic E-state index is -1.18. The first-order valence-electron chi connectivity index (χ1n) is 3.16. The molecule has 4 heteroatoms. The van der Waals surface area contributed by atoms with Crippen LogP contribution in [0, 0.1) is 0 Å². The van der Waals surface area contributed by atoms with E-state index >= 15 is 0 Å². The van der Waals surface area contributed by atoms with Crippen molar-refractivity contribution in [2.75, 3.05) is 6.54 Å². The number of aliphatic hydroxyl groups excluding tert-OH is 1. The topological polar surface area (TPSA) is 72.5 Å². The maximum Gasteiger partial charge on any atom is 0.336 e. The van der Waals surface area contributed by atoms with Gasteiger partial charge in [-0.05, 0) is 13.8 Å². The molecule has 0 radical (unpaired) electrons. The lowest BCUT2D eigenvalue weighted by atomic mass is 10.3. The summed E-state index contributed by atoms with van der Waals surface area (Å²) in [7, 11) is 0. The Hall–Kier alpha value is -0.610. The van der Waals surface area contributed by atoms with Gasteiger partial charge in [-0.2, -0.15) is 0 Å². The van der Waals surface area contributed by atoms with E-state index in [1.54, 1.807) is 13.8 Å². The second-order valence-corrected chi connectivity index (χ2v) is 2.24. The Morgan fingerprint density at radius 3 is 2.50 bits per heavy atom. The van der Waals surface area contributed by atoms with Gasteiger partial charge in [-0.15, -0.1) is 0 Å².